The minimum absolute atomic E-state index is 0.0564. The van der Waals surface area contributed by atoms with E-state index in [0.717, 1.165) is 12.8 Å². The summed E-state index contributed by atoms with van der Waals surface area (Å²) in [7, 11) is 0. The number of unbranched alkanes of at least 4 members (excludes halogenated alkanes) is 14. The molecule has 0 spiro atoms. The summed E-state index contributed by atoms with van der Waals surface area (Å²) in [6, 6.07) is 5.32. The van der Waals surface area contributed by atoms with Gasteiger partial charge in [0, 0.05) is 12.0 Å². The minimum Gasteiger partial charge on any atom is -0.273 e. The first-order valence-corrected chi connectivity index (χ1v) is 12.7. The summed E-state index contributed by atoms with van der Waals surface area (Å²) < 4.78 is 0. The first-order chi connectivity index (χ1) is 14.6. The van der Waals surface area contributed by atoms with Crippen molar-refractivity contribution in [2.75, 3.05) is 0 Å². The molecule has 1 N–H and O–H groups in total. The van der Waals surface area contributed by atoms with E-state index in [0.29, 0.717) is 22.0 Å². The van der Waals surface area contributed by atoms with Crippen LogP contribution in [0.5, 0.6) is 0 Å². The molecule has 0 aliphatic heterocycles. The van der Waals surface area contributed by atoms with Crippen LogP contribution in [0.3, 0.4) is 0 Å². The van der Waals surface area contributed by atoms with E-state index in [1.165, 1.54) is 89.7 Å². The highest BCUT2D eigenvalue weighted by Crippen LogP contribution is 2.24. The zero-order valence-corrected chi connectivity index (χ0v) is 20.2. The van der Waals surface area contributed by atoms with E-state index in [1.807, 2.05) is 0 Å². The van der Waals surface area contributed by atoms with Crippen LogP contribution in [-0.2, 0) is 4.79 Å². The summed E-state index contributed by atoms with van der Waals surface area (Å²) in [5.74, 6) is -0.0564. The lowest BCUT2D eigenvalue weighted by Gasteiger charge is -2.03. The number of hydrazone groups is 1. The quantitative estimate of drug-likeness (QED) is 0.134. The molecule has 0 saturated heterocycles. The molecule has 1 aromatic carbocycles. The fraction of sp³-hybridized carbons (Fsp3) is 0.680. The summed E-state index contributed by atoms with van der Waals surface area (Å²) in [6.45, 7) is 2.27. The van der Waals surface area contributed by atoms with Crippen molar-refractivity contribution in [3.8, 4) is 0 Å². The molecule has 1 aromatic rings. The molecule has 0 bridgehead atoms. The van der Waals surface area contributed by atoms with Crippen molar-refractivity contribution in [1.29, 1.82) is 0 Å². The Morgan fingerprint density at radius 1 is 0.833 bits per heavy atom. The molecule has 1 rings (SSSR count). The molecule has 0 radical (unpaired) electrons. The lowest BCUT2D eigenvalue weighted by atomic mass is 10.0. The molecule has 0 fully saturated rings. The Labute approximate surface area is 194 Å². The van der Waals surface area contributed by atoms with Gasteiger partial charge in [0.2, 0.25) is 5.91 Å². The molecule has 0 atom stereocenters. The first kappa shape index (κ1) is 27.0. The van der Waals surface area contributed by atoms with Gasteiger partial charge in [0.25, 0.3) is 0 Å². The fourth-order valence-electron chi connectivity index (χ4n) is 3.51. The van der Waals surface area contributed by atoms with E-state index >= 15 is 0 Å². The minimum atomic E-state index is -0.0564. The molecular weight excluding hydrogens is 415 g/mol. The van der Waals surface area contributed by atoms with Crippen molar-refractivity contribution < 1.29 is 4.79 Å². The number of benzene rings is 1. The smallest absolute Gasteiger partial charge is 0.240 e. The second kappa shape index (κ2) is 18.7. The Hall–Kier alpha value is -1.06. The Kier molecular flexibility index (Phi) is 16.8. The maximum atomic E-state index is 11.8. The van der Waals surface area contributed by atoms with E-state index in [2.05, 4.69) is 17.5 Å². The number of carbonyl (C=O) groups excluding carboxylic acids is 1. The summed E-state index contributed by atoms with van der Waals surface area (Å²) in [5, 5.41) is 4.88. The van der Waals surface area contributed by atoms with Gasteiger partial charge in [-0.1, -0.05) is 132 Å². The summed E-state index contributed by atoms with van der Waals surface area (Å²) in [6.07, 6.45) is 21.9. The number of nitrogens with one attached hydrogen (secondary N) is 1. The van der Waals surface area contributed by atoms with Crippen LogP contribution in [0.4, 0.5) is 0 Å². The number of nitrogens with zero attached hydrogens (tertiary/aromatic N) is 1. The third-order valence-electron chi connectivity index (χ3n) is 5.38. The van der Waals surface area contributed by atoms with Crippen molar-refractivity contribution in [3.63, 3.8) is 0 Å². The normalized spacial score (nSPS) is 11.3. The second-order valence-corrected chi connectivity index (χ2v) is 8.92. The number of halogens is 2. The van der Waals surface area contributed by atoms with E-state index in [9.17, 15) is 4.79 Å². The van der Waals surface area contributed by atoms with Gasteiger partial charge in [-0.3, -0.25) is 4.79 Å². The lowest BCUT2D eigenvalue weighted by Crippen LogP contribution is -2.16. The highest BCUT2D eigenvalue weighted by molar-refractivity contribution is 6.43. The van der Waals surface area contributed by atoms with Gasteiger partial charge in [0.15, 0.2) is 0 Å². The van der Waals surface area contributed by atoms with Gasteiger partial charge in [0.1, 0.15) is 0 Å². The fourth-order valence-corrected chi connectivity index (χ4v) is 3.86. The average molecular weight is 456 g/mol. The van der Waals surface area contributed by atoms with Crippen molar-refractivity contribution >= 4 is 35.3 Å². The molecule has 0 unspecified atom stereocenters. The third-order valence-corrected chi connectivity index (χ3v) is 6.22. The number of amides is 1. The molecule has 0 saturated carbocycles. The lowest BCUT2D eigenvalue weighted by molar-refractivity contribution is -0.121. The van der Waals surface area contributed by atoms with E-state index < -0.39 is 0 Å². The third kappa shape index (κ3) is 14.0. The topological polar surface area (TPSA) is 41.5 Å². The highest BCUT2D eigenvalue weighted by Gasteiger charge is 2.03. The summed E-state index contributed by atoms with van der Waals surface area (Å²) >= 11 is 12.0. The van der Waals surface area contributed by atoms with Crippen LogP contribution in [0.25, 0.3) is 0 Å². The van der Waals surface area contributed by atoms with Crippen LogP contribution in [0.15, 0.2) is 23.3 Å². The molecule has 0 aliphatic carbocycles. The van der Waals surface area contributed by atoms with E-state index in [1.54, 1.807) is 18.2 Å². The zero-order chi connectivity index (χ0) is 21.9. The van der Waals surface area contributed by atoms with Crippen molar-refractivity contribution in [2.24, 2.45) is 5.10 Å². The Bertz CT molecular complexity index is 605. The number of hydrogen-bond donors (Lipinski definition) is 1. The highest BCUT2D eigenvalue weighted by atomic mass is 35.5. The van der Waals surface area contributed by atoms with Crippen LogP contribution < -0.4 is 5.43 Å². The SMILES string of the molecule is CCCCCCCCCCCCCCCCCC(=O)NN=Cc1cccc(Cl)c1Cl. The largest absolute Gasteiger partial charge is 0.273 e. The second-order valence-electron chi connectivity index (χ2n) is 8.14. The molecule has 0 aromatic heterocycles. The van der Waals surface area contributed by atoms with Crippen LogP contribution in [0.2, 0.25) is 10.0 Å². The van der Waals surface area contributed by atoms with Gasteiger partial charge in [0.05, 0.1) is 16.3 Å². The Morgan fingerprint density at radius 2 is 1.33 bits per heavy atom. The van der Waals surface area contributed by atoms with Gasteiger partial charge in [-0.05, 0) is 12.5 Å². The van der Waals surface area contributed by atoms with Gasteiger partial charge in [-0.15, -0.1) is 0 Å². The maximum Gasteiger partial charge on any atom is 0.240 e. The Morgan fingerprint density at radius 3 is 1.87 bits per heavy atom. The molecule has 0 heterocycles. The van der Waals surface area contributed by atoms with Gasteiger partial charge < -0.3 is 0 Å². The predicted octanol–water partition coefficient (Wildman–Crippen LogP) is 8.71. The van der Waals surface area contributed by atoms with Crippen LogP contribution in [-0.4, -0.2) is 12.1 Å². The zero-order valence-electron chi connectivity index (χ0n) is 18.7. The van der Waals surface area contributed by atoms with Gasteiger partial charge >= 0.3 is 0 Å². The van der Waals surface area contributed by atoms with E-state index in [4.69, 9.17) is 23.2 Å². The van der Waals surface area contributed by atoms with Gasteiger partial charge in [-0.25, -0.2) is 5.43 Å². The summed E-state index contributed by atoms with van der Waals surface area (Å²) in [5.41, 5.74) is 3.25. The number of rotatable bonds is 18. The molecule has 0 aliphatic rings. The molecule has 5 heteroatoms. The predicted molar refractivity (Wildman–Crippen MR) is 132 cm³/mol. The first-order valence-electron chi connectivity index (χ1n) is 11.9. The maximum absolute atomic E-state index is 11.8. The van der Waals surface area contributed by atoms with Gasteiger partial charge in [-0.2, -0.15) is 5.10 Å². The van der Waals surface area contributed by atoms with Crippen molar-refractivity contribution in [1.82, 2.24) is 5.43 Å². The Balaban J connectivity index is 1.89. The molecule has 170 valence electrons. The van der Waals surface area contributed by atoms with Crippen molar-refractivity contribution in [3.05, 3.63) is 33.8 Å². The van der Waals surface area contributed by atoms with Crippen LogP contribution in [0, 0.1) is 0 Å². The number of carbonyl (C=O) groups is 1. The van der Waals surface area contributed by atoms with Crippen LogP contribution >= 0.6 is 23.2 Å². The van der Waals surface area contributed by atoms with E-state index in [-0.39, 0.29) is 5.91 Å². The molecular formula is C25H40Cl2N2O. The number of hydrogen-bond acceptors (Lipinski definition) is 2. The van der Waals surface area contributed by atoms with Crippen molar-refractivity contribution in [2.45, 2.75) is 110 Å². The standard InChI is InChI=1S/C25H40Cl2N2O/c1-2-3-4-5-6-7-8-9-10-11-12-13-14-15-16-20-24(30)29-28-21-22-18-17-19-23(26)25(22)27/h17-19,21H,2-16,20H2,1H3,(H,29,30). The summed E-state index contributed by atoms with van der Waals surface area (Å²) in [4.78, 5) is 11.8. The molecule has 30 heavy (non-hydrogen) atoms. The monoisotopic (exact) mass is 454 g/mol. The average Bonchev–Trinajstić information content (AvgIpc) is 2.74. The van der Waals surface area contributed by atoms with Crippen LogP contribution in [0.1, 0.15) is 115 Å². The molecule has 3 nitrogen and oxygen atoms in total. The molecule has 1 amide bonds.